The highest BCUT2D eigenvalue weighted by Crippen LogP contribution is 2.63. The Kier molecular flexibility index (Phi) is 3.18. The van der Waals surface area contributed by atoms with Crippen LogP contribution >= 0.6 is 22.6 Å². The van der Waals surface area contributed by atoms with Crippen molar-refractivity contribution in [3.63, 3.8) is 0 Å². The van der Waals surface area contributed by atoms with Gasteiger partial charge in [-0.2, -0.15) is 5.10 Å². The van der Waals surface area contributed by atoms with Crippen molar-refractivity contribution in [1.82, 2.24) is 15.1 Å². The van der Waals surface area contributed by atoms with Gasteiger partial charge in [-0.05, 0) is 67.8 Å². The molecule has 1 aromatic heterocycles. The molecule has 5 atom stereocenters. The van der Waals surface area contributed by atoms with E-state index in [-0.39, 0.29) is 12.1 Å². The Bertz CT molecular complexity index is 459. The van der Waals surface area contributed by atoms with Crippen molar-refractivity contribution in [1.29, 1.82) is 0 Å². The molecule has 5 heteroatoms. The molecular formula is C13H20IN3O. The number of aliphatic hydroxyl groups excluding tert-OH is 1. The lowest BCUT2D eigenvalue weighted by molar-refractivity contribution is 0.125. The summed E-state index contributed by atoms with van der Waals surface area (Å²) in [4.78, 5) is 0. The molecule has 2 aliphatic rings. The van der Waals surface area contributed by atoms with Gasteiger partial charge in [0.1, 0.15) is 3.70 Å². The summed E-state index contributed by atoms with van der Waals surface area (Å²) in [5.74, 6) is 1.60. The molecule has 0 saturated heterocycles. The summed E-state index contributed by atoms with van der Waals surface area (Å²) in [6.45, 7) is 4.33. The van der Waals surface area contributed by atoms with Gasteiger partial charge in [-0.1, -0.05) is 0 Å². The summed E-state index contributed by atoms with van der Waals surface area (Å²) < 4.78 is 3.19. The molecule has 1 aromatic rings. The maximum atomic E-state index is 10.3. The van der Waals surface area contributed by atoms with Crippen LogP contribution in [-0.4, -0.2) is 34.1 Å². The van der Waals surface area contributed by atoms with Crippen LogP contribution in [0.25, 0.3) is 0 Å². The van der Waals surface area contributed by atoms with Gasteiger partial charge in [-0.25, -0.2) is 0 Å². The summed E-state index contributed by atoms with van der Waals surface area (Å²) in [5, 5.41) is 18.1. The number of rotatable bonds is 3. The molecule has 3 rings (SSSR count). The van der Waals surface area contributed by atoms with E-state index >= 15 is 0 Å². The Morgan fingerprint density at radius 3 is 2.78 bits per heavy atom. The monoisotopic (exact) mass is 361 g/mol. The number of nitrogens with zero attached hydrogens (tertiary/aromatic N) is 2. The predicted molar refractivity (Wildman–Crippen MR) is 78.5 cm³/mol. The highest BCUT2D eigenvalue weighted by atomic mass is 127. The lowest BCUT2D eigenvalue weighted by Gasteiger charge is -2.20. The minimum absolute atomic E-state index is 0.196. The second kappa shape index (κ2) is 4.45. The number of hydrogen-bond acceptors (Lipinski definition) is 3. The van der Waals surface area contributed by atoms with Crippen LogP contribution in [0.3, 0.4) is 0 Å². The first-order chi connectivity index (χ1) is 8.54. The third kappa shape index (κ3) is 1.82. The quantitative estimate of drug-likeness (QED) is 0.807. The van der Waals surface area contributed by atoms with Crippen LogP contribution in [0.1, 0.15) is 37.9 Å². The van der Waals surface area contributed by atoms with Crippen LogP contribution in [0.2, 0.25) is 0 Å². The van der Waals surface area contributed by atoms with Crippen molar-refractivity contribution in [2.24, 2.45) is 11.8 Å². The predicted octanol–water partition coefficient (Wildman–Crippen LogP) is 1.75. The molecule has 0 radical (unpaired) electrons. The zero-order valence-electron chi connectivity index (χ0n) is 11.0. The first-order valence-corrected chi connectivity index (χ1v) is 7.72. The fourth-order valence-corrected chi connectivity index (χ4v) is 4.17. The smallest absolute Gasteiger partial charge is 0.123 e. The third-order valence-corrected chi connectivity index (χ3v) is 5.03. The van der Waals surface area contributed by atoms with Crippen molar-refractivity contribution in [2.45, 2.75) is 44.4 Å². The molecule has 0 aliphatic heterocycles. The van der Waals surface area contributed by atoms with E-state index in [1.165, 1.54) is 5.69 Å². The number of likely N-dealkylation sites (N-methyl/N-ethyl adjacent to an activating group) is 1. The average molecular weight is 361 g/mol. The molecule has 2 saturated carbocycles. The van der Waals surface area contributed by atoms with Crippen molar-refractivity contribution >= 4 is 22.6 Å². The van der Waals surface area contributed by atoms with Gasteiger partial charge >= 0.3 is 0 Å². The summed E-state index contributed by atoms with van der Waals surface area (Å²) in [7, 11) is 1.94. The molecule has 0 spiro atoms. The largest absolute Gasteiger partial charge is 0.391 e. The summed E-state index contributed by atoms with van der Waals surface area (Å²) in [6, 6.07) is 2.86. The normalized spacial score (nSPS) is 38.2. The Balaban J connectivity index is 1.84. The Labute approximate surface area is 121 Å². The van der Waals surface area contributed by atoms with Crippen LogP contribution in [0.15, 0.2) is 6.07 Å². The Morgan fingerprint density at radius 1 is 1.56 bits per heavy atom. The zero-order chi connectivity index (χ0) is 13.0. The molecule has 100 valence electrons. The number of hydrogen-bond donors (Lipinski definition) is 2. The maximum absolute atomic E-state index is 10.3. The fourth-order valence-electron chi connectivity index (χ4n) is 3.62. The zero-order valence-corrected chi connectivity index (χ0v) is 13.1. The van der Waals surface area contributed by atoms with Crippen LogP contribution in [0, 0.1) is 15.5 Å². The number of halogens is 1. The van der Waals surface area contributed by atoms with Gasteiger partial charge in [-0.15, -0.1) is 0 Å². The topological polar surface area (TPSA) is 50.1 Å². The molecule has 4 nitrogen and oxygen atoms in total. The highest BCUT2D eigenvalue weighted by Gasteiger charge is 2.62. The molecule has 2 N–H and O–H groups in total. The summed E-state index contributed by atoms with van der Waals surface area (Å²) in [5.41, 5.74) is 1.32. The lowest BCUT2D eigenvalue weighted by atomic mass is 10.0. The molecule has 1 heterocycles. The first-order valence-electron chi connectivity index (χ1n) is 6.65. The van der Waals surface area contributed by atoms with Gasteiger partial charge in [0.2, 0.25) is 0 Å². The Hall–Kier alpha value is -0.140. The minimum Gasteiger partial charge on any atom is -0.391 e. The maximum Gasteiger partial charge on any atom is 0.123 e. The first kappa shape index (κ1) is 12.9. The van der Waals surface area contributed by atoms with E-state index in [4.69, 9.17) is 0 Å². The number of aromatic nitrogens is 2. The fraction of sp³-hybridized carbons (Fsp3) is 0.769. The van der Waals surface area contributed by atoms with Crippen LogP contribution in [0.5, 0.6) is 0 Å². The molecule has 0 bridgehead atoms. The van der Waals surface area contributed by atoms with Gasteiger partial charge in [-0.3, -0.25) is 4.68 Å². The van der Waals surface area contributed by atoms with Gasteiger partial charge in [0, 0.05) is 23.7 Å². The van der Waals surface area contributed by atoms with Gasteiger partial charge in [0.15, 0.2) is 0 Å². The van der Waals surface area contributed by atoms with Gasteiger partial charge < -0.3 is 10.4 Å². The number of aliphatic hydroxyl groups is 1. The van der Waals surface area contributed by atoms with E-state index < -0.39 is 0 Å². The van der Waals surface area contributed by atoms with E-state index in [0.29, 0.717) is 23.8 Å². The van der Waals surface area contributed by atoms with Crippen LogP contribution < -0.4 is 5.32 Å². The number of fused-ring (bicyclic) bond motifs is 1. The second-order valence-electron chi connectivity index (χ2n) is 5.82. The molecule has 0 amide bonds. The molecule has 0 aromatic carbocycles. The van der Waals surface area contributed by atoms with Crippen molar-refractivity contribution in [2.75, 3.05) is 7.05 Å². The van der Waals surface area contributed by atoms with E-state index in [0.717, 1.165) is 10.1 Å². The van der Waals surface area contributed by atoms with Gasteiger partial charge in [0.05, 0.1) is 6.10 Å². The third-order valence-electron chi connectivity index (χ3n) is 4.50. The van der Waals surface area contributed by atoms with E-state index in [1.54, 1.807) is 0 Å². The number of nitrogens with one attached hydrogen (secondary N) is 1. The highest BCUT2D eigenvalue weighted by molar-refractivity contribution is 14.1. The summed E-state index contributed by atoms with van der Waals surface area (Å²) in [6.07, 6.45) is 0.894. The standard InChI is InChI=1S/C13H20IN3O/c1-6(2)17-9(5-10(14)16-17)11-7-4-8(15-3)13(18)12(7)11/h5-8,11-13,15,18H,4H2,1-3H3/t7-,8?,11?,12-,13?/m1/s1. The molecule has 3 unspecified atom stereocenters. The van der Waals surface area contributed by atoms with Crippen molar-refractivity contribution in [3.8, 4) is 0 Å². The molecular weight excluding hydrogens is 341 g/mol. The molecule has 2 fully saturated rings. The van der Waals surface area contributed by atoms with Crippen LogP contribution in [-0.2, 0) is 0 Å². The van der Waals surface area contributed by atoms with Crippen molar-refractivity contribution < 1.29 is 5.11 Å². The summed E-state index contributed by atoms with van der Waals surface area (Å²) >= 11 is 2.27. The van der Waals surface area contributed by atoms with E-state index in [2.05, 4.69) is 57.6 Å². The average Bonchev–Trinajstić information content (AvgIpc) is 2.73. The minimum atomic E-state index is -0.196. The van der Waals surface area contributed by atoms with E-state index in [1.807, 2.05) is 7.05 Å². The van der Waals surface area contributed by atoms with E-state index in [9.17, 15) is 5.11 Å². The Morgan fingerprint density at radius 2 is 2.28 bits per heavy atom. The van der Waals surface area contributed by atoms with Crippen molar-refractivity contribution in [3.05, 3.63) is 15.5 Å². The lowest BCUT2D eigenvalue weighted by Crippen LogP contribution is -2.36. The molecule has 18 heavy (non-hydrogen) atoms. The molecule has 2 aliphatic carbocycles. The second-order valence-corrected chi connectivity index (χ2v) is 6.92. The van der Waals surface area contributed by atoms with Crippen LogP contribution in [0.4, 0.5) is 0 Å². The van der Waals surface area contributed by atoms with Gasteiger partial charge in [0.25, 0.3) is 0 Å². The SMILES string of the molecule is CNC1C[C@@H]2C(c3cc(I)nn3C(C)C)[C@@H]2C1O.